The lowest BCUT2D eigenvalue weighted by atomic mass is 10.2. The molecule has 1 heterocycles. The monoisotopic (exact) mass is 327 g/mol. The number of para-hydroxylation sites is 1. The highest BCUT2D eigenvalue weighted by Crippen LogP contribution is 2.20. The Kier molecular flexibility index (Phi) is 3.92. The van der Waals surface area contributed by atoms with Crippen molar-refractivity contribution in [2.75, 3.05) is 4.72 Å². The summed E-state index contributed by atoms with van der Waals surface area (Å²) in [6.45, 7) is 3.60. The molecule has 0 unspecified atom stereocenters. The molecule has 5 nitrogen and oxygen atoms in total. The molecule has 2 aromatic carbocycles. The van der Waals surface area contributed by atoms with Crippen molar-refractivity contribution in [3.63, 3.8) is 0 Å². The van der Waals surface area contributed by atoms with Gasteiger partial charge in [-0.15, -0.1) is 0 Å². The Morgan fingerprint density at radius 1 is 1.00 bits per heavy atom. The number of hydrogen-bond acceptors (Lipinski definition) is 3. The lowest BCUT2D eigenvalue weighted by molar-refractivity contribution is 0.600. The van der Waals surface area contributed by atoms with E-state index in [9.17, 15) is 8.42 Å². The average Bonchev–Trinajstić information content (AvgIpc) is 2.91. The van der Waals surface area contributed by atoms with Crippen LogP contribution >= 0.6 is 0 Å². The molecule has 0 aliphatic rings. The van der Waals surface area contributed by atoms with Crippen LogP contribution in [0.5, 0.6) is 0 Å². The van der Waals surface area contributed by atoms with Gasteiger partial charge in [-0.3, -0.25) is 4.72 Å². The molecule has 0 bridgehead atoms. The van der Waals surface area contributed by atoms with E-state index < -0.39 is 10.0 Å². The zero-order valence-electron chi connectivity index (χ0n) is 12.9. The van der Waals surface area contributed by atoms with Crippen LogP contribution < -0.4 is 4.72 Å². The van der Waals surface area contributed by atoms with E-state index in [0.717, 1.165) is 11.3 Å². The molecule has 0 aliphatic carbocycles. The second-order valence-corrected chi connectivity index (χ2v) is 6.98. The number of anilines is 1. The summed E-state index contributed by atoms with van der Waals surface area (Å²) in [6, 6.07) is 16.6. The number of nitrogens with one attached hydrogen (secondary N) is 1. The van der Waals surface area contributed by atoms with Crippen LogP contribution in [0.15, 0.2) is 65.7 Å². The summed E-state index contributed by atoms with van der Waals surface area (Å²) in [4.78, 5) is 0.169. The lowest BCUT2D eigenvalue weighted by Crippen LogP contribution is -2.13. The van der Waals surface area contributed by atoms with Gasteiger partial charge in [0.2, 0.25) is 0 Å². The van der Waals surface area contributed by atoms with Gasteiger partial charge in [-0.2, -0.15) is 5.10 Å². The fourth-order valence-electron chi connectivity index (χ4n) is 2.34. The third-order valence-electron chi connectivity index (χ3n) is 3.43. The minimum Gasteiger partial charge on any atom is -0.280 e. The molecule has 0 amide bonds. The van der Waals surface area contributed by atoms with E-state index in [2.05, 4.69) is 9.82 Å². The van der Waals surface area contributed by atoms with Crippen molar-refractivity contribution in [2.45, 2.75) is 18.7 Å². The van der Waals surface area contributed by atoms with Gasteiger partial charge in [-0.1, -0.05) is 30.3 Å². The van der Waals surface area contributed by atoms with Crippen LogP contribution in [0.2, 0.25) is 0 Å². The molecule has 0 atom stereocenters. The van der Waals surface area contributed by atoms with E-state index >= 15 is 0 Å². The van der Waals surface area contributed by atoms with E-state index in [1.807, 2.05) is 49.4 Å². The minimum absolute atomic E-state index is 0.169. The van der Waals surface area contributed by atoms with Crippen molar-refractivity contribution in [3.8, 4) is 5.69 Å². The molecular formula is C17H17N3O2S. The normalized spacial score (nSPS) is 11.4. The maximum atomic E-state index is 12.6. The fraction of sp³-hybridized carbons (Fsp3) is 0.118. The van der Waals surface area contributed by atoms with E-state index in [0.29, 0.717) is 11.4 Å². The Balaban J connectivity index is 1.96. The summed E-state index contributed by atoms with van der Waals surface area (Å²) >= 11 is 0. The second kappa shape index (κ2) is 5.89. The van der Waals surface area contributed by atoms with E-state index in [-0.39, 0.29) is 4.90 Å². The molecule has 0 saturated heterocycles. The number of aromatic nitrogens is 2. The maximum absolute atomic E-state index is 12.6. The summed E-state index contributed by atoms with van der Waals surface area (Å²) in [6.07, 6.45) is 1.53. The van der Waals surface area contributed by atoms with Crippen LogP contribution in [0, 0.1) is 13.8 Å². The molecule has 23 heavy (non-hydrogen) atoms. The summed E-state index contributed by atoms with van der Waals surface area (Å²) < 4.78 is 29.4. The summed E-state index contributed by atoms with van der Waals surface area (Å²) in [5, 5.41) is 4.30. The highest BCUT2D eigenvalue weighted by molar-refractivity contribution is 7.92. The van der Waals surface area contributed by atoms with Gasteiger partial charge < -0.3 is 0 Å². The first kappa shape index (κ1) is 15.3. The maximum Gasteiger partial charge on any atom is 0.265 e. The zero-order chi connectivity index (χ0) is 16.4. The summed E-state index contributed by atoms with van der Waals surface area (Å²) in [5.41, 5.74) is 2.79. The van der Waals surface area contributed by atoms with E-state index in [1.165, 1.54) is 6.20 Å². The van der Waals surface area contributed by atoms with Gasteiger partial charge in [0.05, 0.1) is 17.6 Å². The van der Waals surface area contributed by atoms with E-state index in [1.54, 1.807) is 23.7 Å². The Labute approximate surface area is 135 Å². The first-order valence-corrected chi connectivity index (χ1v) is 8.65. The highest BCUT2D eigenvalue weighted by Gasteiger charge is 2.21. The van der Waals surface area contributed by atoms with Gasteiger partial charge in [0, 0.05) is 5.69 Å². The van der Waals surface area contributed by atoms with Crippen LogP contribution in [0.1, 0.15) is 11.3 Å². The van der Waals surface area contributed by atoms with Gasteiger partial charge >= 0.3 is 0 Å². The van der Waals surface area contributed by atoms with Crippen molar-refractivity contribution in [2.24, 2.45) is 0 Å². The number of hydrogen-bond donors (Lipinski definition) is 1. The van der Waals surface area contributed by atoms with Crippen LogP contribution in [-0.2, 0) is 10.0 Å². The van der Waals surface area contributed by atoms with Crippen molar-refractivity contribution in [1.82, 2.24) is 9.78 Å². The zero-order valence-corrected chi connectivity index (χ0v) is 13.7. The van der Waals surface area contributed by atoms with Gasteiger partial charge in [-0.25, -0.2) is 13.1 Å². The Morgan fingerprint density at radius 3 is 2.43 bits per heavy atom. The second-order valence-electron chi connectivity index (χ2n) is 5.33. The number of rotatable bonds is 4. The molecule has 118 valence electrons. The molecule has 0 aliphatic heterocycles. The largest absolute Gasteiger partial charge is 0.280 e. The van der Waals surface area contributed by atoms with Gasteiger partial charge in [-0.05, 0) is 43.7 Å². The van der Waals surface area contributed by atoms with Gasteiger partial charge in [0.1, 0.15) is 4.90 Å². The molecule has 1 N–H and O–H groups in total. The fourth-order valence-corrected chi connectivity index (χ4v) is 3.56. The van der Waals surface area contributed by atoms with Gasteiger partial charge in [0.25, 0.3) is 10.0 Å². The first-order chi connectivity index (χ1) is 11.0. The minimum atomic E-state index is -3.68. The predicted molar refractivity (Wildman–Crippen MR) is 90.3 cm³/mol. The standard InChI is InChI=1S/C17H17N3O2S/c1-13-7-6-8-15(11-13)19-23(21,22)17-12-20(18-14(17)2)16-9-4-3-5-10-16/h3-12,19H,1-2H3. The number of sulfonamides is 1. The third-order valence-corrected chi connectivity index (χ3v) is 4.92. The van der Waals surface area contributed by atoms with Crippen LogP contribution in [-0.4, -0.2) is 18.2 Å². The molecular weight excluding hydrogens is 310 g/mol. The smallest absolute Gasteiger partial charge is 0.265 e. The quantitative estimate of drug-likeness (QED) is 0.800. The number of aryl methyl sites for hydroxylation is 2. The van der Waals surface area contributed by atoms with Crippen LogP contribution in [0.4, 0.5) is 5.69 Å². The number of benzene rings is 2. The molecule has 0 radical (unpaired) electrons. The van der Waals surface area contributed by atoms with Crippen molar-refractivity contribution >= 4 is 15.7 Å². The van der Waals surface area contributed by atoms with Crippen molar-refractivity contribution in [1.29, 1.82) is 0 Å². The Morgan fingerprint density at radius 2 is 1.74 bits per heavy atom. The molecule has 3 aromatic rings. The van der Waals surface area contributed by atoms with Gasteiger partial charge in [0.15, 0.2) is 0 Å². The third kappa shape index (κ3) is 3.27. The average molecular weight is 327 g/mol. The molecule has 6 heteroatoms. The molecule has 1 aromatic heterocycles. The molecule has 0 spiro atoms. The summed E-state index contributed by atoms with van der Waals surface area (Å²) in [7, 11) is -3.68. The molecule has 0 saturated carbocycles. The topological polar surface area (TPSA) is 64.0 Å². The van der Waals surface area contributed by atoms with Crippen LogP contribution in [0.3, 0.4) is 0 Å². The Hall–Kier alpha value is -2.60. The van der Waals surface area contributed by atoms with E-state index in [4.69, 9.17) is 0 Å². The molecule has 3 rings (SSSR count). The summed E-state index contributed by atoms with van der Waals surface area (Å²) in [5.74, 6) is 0. The molecule has 0 fully saturated rings. The number of nitrogens with zero attached hydrogens (tertiary/aromatic N) is 2. The predicted octanol–water partition coefficient (Wildman–Crippen LogP) is 3.29. The van der Waals surface area contributed by atoms with Crippen molar-refractivity contribution in [3.05, 3.63) is 72.1 Å². The SMILES string of the molecule is Cc1cccc(NS(=O)(=O)c2cn(-c3ccccc3)nc2C)c1. The first-order valence-electron chi connectivity index (χ1n) is 7.17. The van der Waals surface area contributed by atoms with Crippen LogP contribution in [0.25, 0.3) is 5.69 Å². The highest BCUT2D eigenvalue weighted by atomic mass is 32.2. The lowest BCUT2D eigenvalue weighted by Gasteiger charge is -2.07. The van der Waals surface area contributed by atoms with Crippen molar-refractivity contribution < 1.29 is 8.42 Å². The Bertz CT molecular complexity index is 931.